The minimum atomic E-state index is -0.731. The highest BCUT2D eigenvalue weighted by atomic mass is 16.5. The average molecular weight is 681 g/mol. The van der Waals surface area contributed by atoms with E-state index in [2.05, 4.69) is 51.3 Å². The van der Waals surface area contributed by atoms with Gasteiger partial charge < -0.3 is 19.3 Å². The van der Waals surface area contributed by atoms with Crippen molar-refractivity contribution >= 4 is 35.5 Å². The number of carbonyl (C=O) groups is 2. The minimum absolute atomic E-state index is 0.0994. The summed E-state index contributed by atoms with van der Waals surface area (Å²) in [5, 5.41) is 19.3. The zero-order valence-corrected chi connectivity index (χ0v) is 30.1. The Bertz CT molecular complexity index is 1790. The van der Waals surface area contributed by atoms with Gasteiger partial charge in [0.1, 0.15) is 34.8 Å². The molecule has 0 aliphatic heterocycles. The van der Waals surface area contributed by atoms with Crippen molar-refractivity contribution in [1.29, 1.82) is 10.5 Å². The molecule has 0 heterocycles. The number of rotatable bonds is 14. The number of nitriles is 2. The molecule has 4 aromatic carbocycles. The summed E-state index contributed by atoms with van der Waals surface area (Å²) in [6.45, 7) is 16.0. The van der Waals surface area contributed by atoms with E-state index in [9.17, 15) is 20.1 Å². The van der Waals surface area contributed by atoms with E-state index in [1.54, 1.807) is 24.3 Å². The molecule has 51 heavy (non-hydrogen) atoms. The lowest BCUT2D eigenvalue weighted by Gasteiger charge is -2.26. The summed E-state index contributed by atoms with van der Waals surface area (Å²) < 4.78 is 11.1. The first kappa shape index (κ1) is 37.7. The van der Waals surface area contributed by atoms with Crippen LogP contribution in [0.25, 0.3) is 12.2 Å². The van der Waals surface area contributed by atoms with Gasteiger partial charge in [0, 0.05) is 43.0 Å². The van der Waals surface area contributed by atoms with Crippen LogP contribution in [0.1, 0.15) is 63.8 Å². The monoisotopic (exact) mass is 680 g/mol. The molecule has 0 unspecified atom stereocenters. The lowest BCUT2D eigenvalue weighted by atomic mass is 9.78. The molecular formula is C43H44N4O4. The predicted molar refractivity (Wildman–Crippen MR) is 203 cm³/mol. The molecule has 0 aliphatic rings. The Kier molecular flexibility index (Phi) is 12.9. The van der Waals surface area contributed by atoms with E-state index in [1.165, 1.54) is 12.2 Å². The third-order valence-corrected chi connectivity index (χ3v) is 8.92. The second-order valence-electron chi connectivity index (χ2n) is 12.3. The van der Waals surface area contributed by atoms with Gasteiger partial charge >= 0.3 is 11.9 Å². The Hall–Kier alpha value is -6.12. The first-order valence-electron chi connectivity index (χ1n) is 17.2. The summed E-state index contributed by atoms with van der Waals surface area (Å²) in [4.78, 5) is 30.1. The first-order valence-corrected chi connectivity index (χ1v) is 17.2. The van der Waals surface area contributed by atoms with Crippen molar-refractivity contribution in [2.24, 2.45) is 0 Å². The molecule has 0 saturated heterocycles. The molecule has 8 nitrogen and oxygen atoms in total. The number of benzene rings is 4. The van der Waals surface area contributed by atoms with Crippen molar-refractivity contribution in [1.82, 2.24) is 0 Å². The summed E-state index contributed by atoms with van der Waals surface area (Å²) >= 11 is 0. The van der Waals surface area contributed by atoms with Gasteiger partial charge in [-0.05, 0) is 111 Å². The number of hydrogen-bond acceptors (Lipinski definition) is 8. The van der Waals surface area contributed by atoms with Gasteiger partial charge in [-0.25, -0.2) is 9.59 Å². The molecule has 0 aliphatic carbocycles. The van der Waals surface area contributed by atoms with Gasteiger partial charge in [0.05, 0.1) is 0 Å². The lowest BCUT2D eigenvalue weighted by molar-refractivity contribution is -0.130. The highest BCUT2D eigenvalue weighted by Crippen LogP contribution is 2.33. The van der Waals surface area contributed by atoms with Gasteiger partial charge in [0.2, 0.25) is 0 Å². The number of hydrogen-bond donors (Lipinski definition) is 0. The molecule has 0 atom stereocenters. The van der Waals surface area contributed by atoms with Crippen LogP contribution in [0.3, 0.4) is 0 Å². The molecule has 0 radical (unpaired) electrons. The topological polar surface area (TPSA) is 107 Å². The fraction of sp³-hybridized carbons (Fsp3) is 0.256. The molecule has 260 valence electrons. The van der Waals surface area contributed by atoms with Crippen LogP contribution in [0, 0.1) is 22.7 Å². The molecule has 0 saturated carbocycles. The molecule has 8 heteroatoms. The van der Waals surface area contributed by atoms with Gasteiger partial charge in [0.25, 0.3) is 0 Å². The molecular weight excluding hydrogens is 636 g/mol. The fourth-order valence-electron chi connectivity index (χ4n) is 5.72. The first-order chi connectivity index (χ1) is 24.6. The van der Waals surface area contributed by atoms with Crippen molar-refractivity contribution in [3.05, 3.63) is 130 Å². The van der Waals surface area contributed by atoms with Crippen LogP contribution in [0.4, 0.5) is 11.4 Å². The van der Waals surface area contributed by atoms with Crippen LogP contribution in [-0.2, 0) is 15.0 Å². The lowest BCUT2D eigenvalue weighted by Crippen LogP contribution is -2.21. The Labute approximate surface area is 301 Å². The number of nitrogens with zero attached hydrogens (tertiary/aromatic N) is 4. The summed E-state index contributed by atoms with van der Waals surface area (Å²) in [6.07, 6.45) is 3.05. The Morgan fingerprint density at radius 1 is 0.569 bits per heavy atom. The van der Waals surface area contributed by atoms with Crippen LogP contribution in [0.2, 0.25) is 0 Å². The van der Waals surface area contributed by atoms with E-state index in [4.69, 9.17) is 9.47 Å². The molecule has 0 aromatic heterocycles. The second-order valence-corrected chi connectivity index (χ2v) is 12.3. The Morgan fingerprint density at radius 2 is 0.882 bits per heavy atom. The molecule has 0 bridgehead atoms. The highest BCUT2D eigenvalue weighted by Gasteiger charge is 2.24. The predicted octanol–water partition coefficient (Wildman–Crippen LogP) is 8.73. The maximum Gasteiger partial charge on any atom is 0.354 e. The summed E-state index contributed by atoms with van der Waals surface area (Å²) in [5.41, 5.74) is 4.88. The zero-order chi connectivity index (χ0) is 37.0. The number of ether oxygens (including phenoxy) is 2. The van der Waals surface area contributed by atoms with Crippen molar-refractivity contribution in [2.45, 2.75) is 47.0 Å². The van der Waals surface area contributed by atoms with Gasteiger partial charge in [-0.3, -0.25) is 0 Å². The summed E-state index contributed by atoms with van der Waals surface area (Å²) in [5.74, 6) is -0.822. The van der Waals surface area contributed by atoms with E-state index in [1.807, 2.05) is 84.9 Å². The number of carbonyl (C=O) groups excluding carboxylic acids is 2. The van der Waals surface area contributed by atoms with Gasteiger partial charge in [-0.2, -0.15) is 10.5 Å². The molecule has 0 fully saturated rings. The van der Waals surface area contributed by atoms with Gasteiger partial charge in [-0.1, -0.05) is 62.4 Å². The normalized spacial score (nSPS) is 11.6. The van der Waals surface area contributed by atoms with E-state index < -0.39 is 17.4 Å². The quantitative estimate of drug-likeness (QED) is 0.0563. The van der Waals surface area contributed by atoms with E-state index >= 15 is 0 Å². The van der Waals surface area contributed by atoms with Crippen molar-refractivity contribution in [2.75, 3.05) is 36.0 Å². The maximum atomic E-state index is 12.9. The SMILES string of the molecule is CCN(CC)c1ccc(C=C(C#N)C(=O)Oc2ccc(C(C)(C)c3ccc(OC(=O)C(C#N)=Cc4ccc(N(CC)CC)cc4)cc3)cc2)cc1. The highest BCUT2D eigenvalue weighted by molar-refractivity contribution is 5.99. The van der Waals surface area contributed by atoms with Crippen LogP contribution in [-0.4, -0.2) is 38.1 Å². The summed E-state index contributed by atoms with van der Waals surface area (Å²) in [7, 11) is 0. The standard InChI is InChI=1S/C43H44N4O4/c1-7-46(8-2)37-19-11-31(12-20-37)27-33(29-44)41(48)50-39-23-15-35(16-24-39)43(5,6)36-17-25-40(26-18-36)51-42(49)34(30-45)28-32-13-21-38(22-14-32)47(9-3)10-4/h11-28H,7-10H2,1-6H3. The van der Waals surface area contributed by atoms with Gasteiger partial charge in [0.15, 0.2) is 0 Å². The van der Waals surface area contributed by atoms with Crippen LogP contribution < -0.4 is 19.3 Å². The van der Waals surface area contributed by atoms with Crippen molar-refractivity contribution in [3.8, 4) is 23.6 Å². The van der Waals surface area contributed by atoms with Gasteiger partial charge in [-0.15, -0.1) is 0 Å². The van der Waals surface area contributed by atoms with Crippen LogP contribution >= 0.6 is 0 Å². The molecule has 4 rings (SSSR count). The van der Waals surface area contributed by atoms with Crippen LogP contribution in [0.5, 0.6) is 11.5 Å². The zero-order valence-electron chi connectivity index (χ0n) is 30.1. The summed E-state index contributed by atoms with van der Waals surface area (Å²) in [6, 6.07) is 33.6. The second kappa shape index (κ2) is 17.5. The Morgan fingerprint density at radius 3 is 1.16 bits per heavy atom. The number of anilines is 2. The third kappa shape index (κ3) is 9.53. The number of esters is 2. The van der Waals surface area contributed by atoms with E-state index in [0.717, 1.165) is 59.8 Å². The fourth-order valence-corrected chi connectivity index (χ4v) is 5.72. The molecule has 0 amide bonds. The van der Waals surface area contributed by atoms with E-state index in [0.29, 0.717) is 11.5 Å². The van der Waals surface area contributed by atoms with Crippen molar-refractivity contribution in [3.63, 3.8) is 0 Å². The molecule has 0 N–H and O–H groups in total. The third-order valence-electron chi connectivity index (χ3n) is 8.92. The maximum absolute atomic E-state index is 12.9. The Balaban J connectivity index is 1.39. The molecule has 0 spiro atoms. The smallest absolute Gasteiger partial charge is 0.354 e. The largest absolute Gasteiger partial charge is 0.422 e. The van der Waals surface area contributed by atoms with Crippen molar-refractivity contribution < 1.29 is 19.1 Å². The minimum Gasteiger partial charge on any atom is -0.422 e. The van der Waals surface area contributed by atoms with E-state index in [-0.39, 0.29) is 11.1 Å². The van der Waals surface area contributed by atoms with Crippen LogP contribution in [0.15, 0.2) is 108 Å². The average Bonchev–Trinajstić information content (AvgIpc) is 3.15. The molecule has 4 aromatic rings.